The van der Waals surface area contributed by atoms with Crippen LogP contribution >= 0.6 is 15.9 Å². The molecule has 0 spiro atoms. The van der Waals surface area contributed by atoms with Crippen molar-refractivity contribution in [3.8, 4) is 0 Å². The van der Waals surface area contributed by atoms with Crippen molar-refractivity contribution in [2.75, 3.05) is 5.32 Å². The molecule has 0 saturated carbocycles. The molecule has 0 bridgehead atoms. The molecule has 1 aromatic heterocycles. The van der Waals surface area contributed by atoms with Crippen LogP contribution in [0.1, 0.15) is 20.8 Å². The number of hydrogen-bond donors (Lipinski definition) is 1. The van der Waals surface area contributed by atoms with E-state index >= 15 is 0 Å². The van der Waals surface area contributed by atoms with E-state index in [0.29, 0.717) is 21.1 Å². The van der Waals surface area contributed by atoms with Gasteiger partial charge in [0.1, 0.15) is 11.4 Å². The van der Waals surface area contributed by atoms with E-state index in [-0.39, 0.29) is 0 Å². The Kier molecular flexibility index (Phi) is 3.94. The van der Waals surface area contributed by atoms with Crippen molar-refractivity contribution < 1.29 is 13.9 Å². The average Bonchev–Trinajstić information content (AvgIpc) is 2.27. The van der Waals surface area contributed by atoms with Gasteiger partial charge in [-0.05, 0) is 54.9 Å². The van der Waals surface area contributed by atoms with E-state index in [2.05, 4.69) is 26.2 Å². The van der Waals surface area contributed by atoms with Gasteiger partial charge in [-0.25, -0.2) is 9.18 Å². The number of pyridine rings is 1. The first kappa shape index (κ1) is 14.7. The van der Waals surface area contributed by atoms with Crippen LogP contribution in [0, 0.1) is 5.82 Å². The summed E-state index contributed by atoms with van der Waals surface area (Å²) < 4.78 is 19.2. The van der Waals surface area contributed by atoms with Gasteiger partial charge in [-0.2, -0.15) is 0 Å². The van der Waals surface area contributed by atoms with Crippen molar-refractivity contribution in [2.24, 2.45) is 0 Å². The van der Waals surface area contributed by atoms with E-state index in [4.69, 9.17) is 4.74 Å². The Morgan fingerprint density at radius 2 is 2.10 bits per heavy atom. The minimum Gasteiger partial charge on any atom is -0.444 e. The number of nitrogens with zero attached hydrogens (tertiary/aromatic N) is 1. The molecule has 0 aliphatic carbocycles. The summed E-state index contributed by atoms with van der Waals surface area (Å²) in [6.45, 7) is 5.31. The largest absolute Gasteiger partial charge is 0.444 e. The van der Waals surface area contributed by atoms with Gasteiger partial charge >= 0.3 is 6.09 Å². The van der Waals surface area contributed by atoms with Crippen molar-refractivity contribution in [2.45, 2.75) is 26.4 Å². The van der Waals surface area contributed by atoms with Crippen LogP contribution in [-0.2, 0) is 4.74 Å². The molecule has 106 valence electrons. The Morgan fingerprint density at radius 1 is 1.40 bits per heavy atom. The highest BCUT2D eigenvalue weighted by molar-refractivity contribution is 9.10. The van der Waals surface area contributed by atoms with Gasteiger partial charge in [0.15, 0.2) is 0 Å². The van der Waals surface area contributed by atoms with Crippen LogP contribution in [0.2, 0.25) is 0 Å². The maximum absolute atomic E-state index is 13.5. The third-order valence-electron chi connectivity index (χ3n) is 2.40. The summed E-state index contributed by atoms with van der Waals surface area (Å²) in [4.78, 5) is 15.9. The zero-order valence-corrected chi connectivity index (χ0v) is 12.9. The van der Waals surface area contributed by atoms with Crippen LogP contribution in [0.4, 0.5) is 14.9 Å². The molecule has 1 amide bonds. The maximum Gasteiger partial charge on any atom is 0.412 e. The SMILES string of the molecule is CC(C)(C)OC(=O)Nc1ccnc2c(Br)cc(F)cc12. The third-order valence-corrected chi connectivity index (χ3v) is 3.00. The lowest BCUT2D eigenvalue weighted by atomic mass is 10.2. The Morgan fingerprint density at radius 3 is 2.75 bits per heavy atom. The zero-order valence-electron chi connectivity index (χ0n) is 11.3. The number of nitrogens with one attached hydrogen (secondary N) is 1. The van der Waals surface area contributed by atoms with Gasteiger partial charge in [0.05, 0.1) is 11.2 Å². The van der Waals surface area contributed by atoms with Gasteiger partial charge < -0.3 is 4.74 Å². The normalized spacial score (nSPS) is 11.4. The topological polar surface area (TPSA) is 51.2 Å². The molecule has 2 rings (SSSR count). The van der Waals surface area contributed by atoms with Gasteiger partial charge in [0.25, 0.3) is 0 Å². The molecule has 20 heavy (non-hydrogen) atoms. The number of ether oxygens (including phenoxy) is 1. The number of hydrogen-bond acceptors (Lipinski definition) is 3. The van der Waals surface area contributed by atoms with Crippen LogP contribution in [0.3, 0.4) is 0 Å². The number of fused-ring (bicyclic) bond motifs is 1. The van der Waals surface area contributed by atoms with Crippen LogP contribution in [0.5, 0.6) is 0 Å². The third kappa shape index (κ3) is 3.45. The van der Waals surface area contributed by atoms with Gasteiger partial charge in [-0.15, -0.1) is 0 Å². The molecule has 1 aromatic carbocycles. The maximum atomic E-state index is 13.5. The Hall–Kier alpha value is -1.69. The molecule has 0 saturated heterocycles. The Balaban J connectivity index is 2.38. The number of carbonyl (C=O) groups excluding carboxylic acids is 1. The molecule has 0 radical (unpaired) electrons. The molecule has 0 unspecified atom stereocenters. The quantitative estimate of drug-likeness (QED) is 0.832. The molecular weight excluding hydrogens is 327 g/mol. The second kappa shape index (κ2) is 5.36. The number of aromatic nitrogens is 1. The molecule has 4 nitrogen and oxygen atoms in total. The fourth-order valence-corrected chi connectivity index (χ4v) is 2.24. The van der Waals surface area contributed by atoms with Crippen molar-refractivity contribution in [1.29, 1.82) is 0 Å². The van der Waals surface area contributed by atoms with E-state index in [1.807, 2.05) is 0 Å². The lowest BCUT2D eigenvalue weighted by Gasteiger charge is -2.20. The number of anilines is 1. The molecule has 2 aromatic rings. The lowest BCUT2D eigenvalue weighted by Crippen LogP contribution is -2.27. The summed E-state index contributed by atoms with van der Waals surface area (Å²) in [6.07, 6.45) is 0.947. The lowest BCUT2D eigenvalue weighted by molar-refractivity contribution is 0.0636. The number of carbonyl (C=O) groups is 1. The molecule has 0 aliphatic rings. The Bertz CT molecular complexity index is 668. The van der Waals surface area contributed by atoms with Crippen molar-refractivity contribution >= 4 is 38.6 Å². The minimum atomic E-state index is -0.598. The van der Waals surface area contributed by atoms with Gasteiger partial charge in [-0.3, -0.25) is 10.3 Å². The first-order valence-electron chi connectivity index (χ1n) is 6.00. The fraction of sp³-hybridized carbons (Fsp3) is 0.286. The van der Waals surface area contributed by atoms with E-state index in [9.17, 15) is 9.18 Å². The van der Waals surface area contributed by atoms with E-state index in [1.54, 1.807) is 26.8 Å². The number of amides is 1. The molecular formula is C14H14BrFN2O2. The van der Waals surface area contributed by atoms with Crippen molar-refractivity contribution in [1.82, 2.24) is 4.98 Å². The Labute approximate surface area is 124 Å². The predicted octanol–water partition coefficient (Wildman–Crippen LogP) is 4.48. The number of halogens is 2. The highest BCUT2D eigenvalue weighted by Gasteiger charge is 2.17. The highest BCUT2D eigenvalue weighted by Crippen LogP contribution is 2.29. The predicted molar refractivity (Wildman–Crippen MR) is 79.3 cm³/mol. The zero-order chi connectivity index (χ0) is 14.9. The summed E-state index contributed by atoms with van der Waals surface area (Å²) >= 11 is 3.25. The standard InChI is InChI=1S/C14H14BrFN2O2/c1-14(2,3)20-13(19)18-11-4-5-17-12-9(11)6-8(16)7-10(12)15/h4-7H,1-3H3,(H,17,18,19). The van der Waals surface area contributed by atoms with Gasteiger partial charge in [0.2, 0.25) is 0 Å². The molecule has 1 N–H and O–H groups in total. The monoisotopic (exact) mass is 340 g/mol. The van der Waals surface area contributed by atoms with Crippen molar-refractivity contribution in [3.63, 3.8) is 0 Å². The molecule has 0 atom stereocenters. The van der Waals surface area contributed by atoms with Crippen molar-refractivity contribution in [3.05, 3.63) is 34.7 Å². The molecule has 1 heterocycles. The van der Waals surface area contributed by atoms with Crippen LogP contribution in [0.25, 0.3) is 10.9 Å². The summed E-state index contributed by atoms with van der Waals surface area (Å²) in [5.74, 6) is -0.412. The van der Waals surface area contributed by atoms with E-state index in [0.717, 1.165) is 0 Å². The van der Waals surface area contributed by atoms with E-state index in [1.165, 1.54) is 18.3 Å². The molecule has 0 aliphatic heterocycles. The summed E-state index contributed by atoms with van der Waals surface area (Å²) in [6, 6.07) is 4.24. The number of rotatable bonds is 1. The average molecular weight is 341 g/mol. The van der Waals surface area contributed by atoms with Crippen LogP contribution < -0.4 is 5.32 Å². The smallest absolute Gasteiger partial charge is 0.412 e. The summed E-state index contributed by atoms with van der Waals surface area (Å²) in [5, 5.41) is 3.11. The van der Waals surface area contributed by atoms with Gasteiger partial charge in [-0.1, -0.05) is 0 Å². The van der Waals surface area contributed by atoms with E-state index < -0.39 is 17.5 Å². The number of benzene rings is 1. The van der Waals surface area contributed by atoms with Crippen LogP contribution in [-0.4, -0.2) is 16.7 Å². The highest BCUT2D eigenvalue weighted by atomic mass is 79.9. The van der Waals surface area contributed by atoms with Gasteiger partial charge in [0, 0.05) is 16.1 Å². The fourth-order valence-electron chi connectivity index (χ4n) is 1.70. The molecule has 6 heteroatoms. The first-order valence-corrected chi connectivity index (χ1v) is 6.79. The molecule has 0 fully saturated rings. The minimum absolute atomic E-state index is 0.412. The second-order valence-corrected chi connectivity index (χ2v) is 6.12. The first-order chi connectivity index (χ1) is 9.26. The summed E-state index contributed by atoms with van der Waals surface area (Å²) in [5.41, 5.74) is 0.420. The summed E-state index contributed by atoms with van der Waals surface area (Å²) in [7, 11) is 0. The second-order valence-electron chi connectivity index (χ2n) is 5.27. The van der Waals surface area contributed by atoms with Crippen LogP contribution in [0.15, 0.2) is 28.9 Å².